The molecule has 1 rings (SSSR count). The molecule has 2 N–H and O–H groups in total. The van der Waals surface area contributed by atoms with Crippen LogP contribution in [-0.4, -0.2) is 6.72 Å². The first-order valence-corrected chi connectivity index (χ1v) is 3.95. The van der Waals surface area contributed by atoms with E-state index in [1.807, 2.05) is 0 Å². The van der Waals surface area contributed by atoms with E-state index in [9.17, 15) is 8.78 Å². The molecule has 0 fully saturated rings. The molecule has 0 aromatic heterocycles. The minimum Gasteiger partial charge on any atom is -0.326 e. The Hall–Kier alpha value is -1.55. The van der Waals surface area contributed by atoms with Gasteiger partial charge in [-0.05, 0) is 6.72 Å². The van der Waals surface area contributed by atoms with E-state index < -0.39 is 11.6 Å². The van der Waals surface area contributed by atoms with Gasteiger partial charge in [-0.3, -0.25) is 4.99 Å². The van der Waals surface area contributed by atoms with Gasteiger partial charge in [0.15, 0.2) is 0 Å². The van der Waals surface area contributed by atoms with Crippen LogP contribution in [0.2, 0.25) is 0 Å². The van der Waals surface area contributed by atoms with E-state index in [-0.39, 0.29) is 23.4 Å². The average molecular weight is 196 g/mol. The Morgan fingerprint density at radius 3 is 2.57 bits per heavy atom. The minimum absolute atomic E-state index is 0.127. The summed E-state index contributed by atoms with van der Waals surface area (Å²) in [6, 6.07) is 1.09. The van der Waals surface area contributed by atoms with Crippen LogP contribution >= 0.6 is 0 Å². The van der Waals surface area contributed by atoms with E-state index in [1.54, 1.807) is 0 Å². The number of benzene rings is 1. The average Bonchev–Trinajstić information content (AvgIpc) is 2.17. The maximum atomic E-state index is 13.5. The lowest BCUT2D eigenvalue weighted by atomic mass is 10.1. The van der Waals surface area contributed by atoms with Gasteiger partial charge >= 0.3 is 0 Å². The molecule has 0 radical (unpaired) electrons. The fraction of sp³-hybridized carbons (Fsp3) is 0.100. The second-order valence-corrected chi connectivity index (χ2v) is 2.65. The Morgan fingerprint density at radius 2 is 2.14 bits per heavy atom. The molecular weight excluding hydrogens is 186 g/mol. The van der Waals surface area contributed by atoms with Gasteiger partial charge in [0.05, 0.1) is 5.69 Å². The number of nitrogens with two attached hydrogens (primary N) is 1. The highest BCUT2D eigenvalue weighted by molar-refractivity contribution is 5.66. The summed E-state index contributed by atoms with van der Waals surface area (Å²) >= 11 is 0. The number of rotatable bonds is 3. The SMILES string of the molecule is C=Cc1c(N=C)cc(F)c(CN)c1F. The van der Waals surface area contributed by atoms with Gasteiger partial charge in [0, 0.05) is 23.7 Å². The third kappa shape index (κ3) is 1.56. The third-order valence-corrected chi connectivity index (χ3v) is 1.91. The molecule has 0 atom stereocenters. The highest BCUT2D eigenvalue weighted by Crippen LogP contribution is 2.27. The second-order valence-electron chi connectivity index (χ2n) is 2.65. The molecule has 0 saturated carbocycles. The standard InChI is InChI=1S/C10H10F2N2/c1-3-6-9(14-2)4-8(11)7(5-13)10(6)12/h3-4H,1-2,5,13H2. The maximum absolute atomic E-state index is 13.5. The van der Waals surface area contributed by atoms with Gasteiger partial charge in [-0.25, -0.2) is 8.78 Å². The van der Waals surface area contributed by atoms with Crippen molar-refractivity contribution in [2.24, 2.45) is 10.7 Å². The molecule has 0 amide bonds. The van der Waals surface area contributed by atoms with Gasteiger partial charge in [0.2, 0.25) is 0 Å². The van der Waals surface area contributed by atoms with E-state index in [0.29, 0.717) is 0 Å². The Labute approximate surface area is 80.8 Å². The summed E-state index contributed by atoms with van der Waals surface area (Å²) in [5.41, 5.74) is 5.30. The van der Waals surface area contributed by atoms with Crippen molar-refractivity contribution in [2.45, 2.75) is 6.54 Å². The van der Waals surface area contributed by atoms with Crippen LogP contribution in [0.5, 0.6) is 0 Å². The molecule has 0 bridgehead atoms. The molecule has 2 nitrogen and oxygen atoms in total. The van der Waals surface area contributed by atoms with Gasteiger partial charge < -0.3 is 5.73 Å². The molecule has 0 spiro atoms. The zero-order valence-corrected chi connectivity index (χ0v) is 7.56. The van der Waals surface area contributed by atoms with Crippen molar-refractivity contribution < 1.29 is 8.78 Å². The van der Waals surface area contributed by atoms with Crippen molar-refractivity contribution in [3.63, 3.8) is 0 Å². The van der Waals surface area contributed by atoms with E-state index in [4.69, 9.17) is 5.73 Å². The van der Waals surface area contributed by atoms with Gasteiger partial charge in [0.25, 0.3) is 0 Å². The summed E-state index contributed by atoms with van der Waals surface area (Å²) in [5.74, 6) is -1.43. The third-order valence-electron chi connectivity index (χ3n) is 1.91. The molecule has 4 heteroatoms. The molecule has 0 heterocycles. The summed E-state index contributed by atoms with van der Waals surface area (Å²) in [5, 5.41) is 0. The first-order chi connectivity index (χ1) is 6.65. The van der Waals surface area contributed by atoms with E-state index in [1.165, 1.54) is 6.08 Å². The molecule has 1 aromatic rings. The smallest absolute Gasteiger partial charge is 0.139 e. The van der Waals surface area contributed by atoms with Crippen LogP contribution in [0.15, 0.2) is 17.6 Å². The largest absolute Gasteiger partial charge is 0.326 e. The van der Waals surface area contributed by atoms with Gasteiger partial charge in [0.1, 0.15) is 11.6 Å². The van der Waals surface area contributed by atoms with Crippen molar-refractivity contribution in [3.05, 3.63) is 35.4 Å². The normalized spacial score (nSPS) is 9.93. The summed E-state index contributed by atoms with van der Waals surface area (Å²) in [6.07, 6.45) is 1.26. The zero-order valence-electron chi connectivity index (χ0n) is 7.56. The van der Waals surface area contributed by atoms with Crippen molar-refractivity contribution in [1.29, 1.82) is 0 Å². The Kier molecular flexibility index (Phi) is 3.09. The molecule has 0 aliphatic carbocycles. The summed E-state index contributed by atoms with van der Waals surface area (Å²) in [6.45, 7) is 6.43. The van der Waals surface area contributed by atoms with Crippen molar-refractivity contribution >= 4 is 18.5 Å². The van der Waals surface area contributed by atoms with E-state index >= 15 is 0 Å². The number of aliphatic imine (C=N–C) groups is 1. The van der Waals surface area contributed by atoms with Crippen LogP contribution in [0, 0.1) is 11.6 Å². The number of hydrogen-bond acceptors (Lipinski definition) is 2. The fourth-order valence-corrected chi connectivity index (χ4v) is 1.18. The van der Waals surface area contributed by atoms with Crippen LogP contribution in [-0.2, 0) is 6.54 Å². The maximum Gasteiger partial charge on any atom is 0.139 e. The first-order valence-electron chi connectivity index (χ1n) is 3.95. The van der Waals surface area contributed by atoms with Crippen molar-refractivity contribution in [2.75, 3.05) is 0 Å². The summed E-state index contributed by atoms with van der Waals surface area (Å²) < 4.78 is 26.7. The molecule has 74 valence electrons. The lowest BCUT2D eigenvalue weighted by molar-refractivity contribution is 0.556. The highest BCUT2D eigenvalue weighted by Gasteiger charge is 2.14. The molecule has 0 saturated heterocycles. The Balaban J connectivity index is 3.54. The zero-order chi connectivity index (χ0) is 10.7. The van der Waals surface area contributed by atoms with E-state index in [2.05, 4.69) is 18.3 Å². The molecule has 14 heavy (non-hydrogen) atoms. The van der Waals surface area contributed by atoms with Crippen molar-refractivity contribution in [3.8, 4) is 0 Å². The molecule has 1 aromatic carbocycles. The van der Waals surface area contributed by atoms with E-state index in [0.717, 1.165) is 6.07 Å². The topological polar surface area (TPSA) is 38.4 Å². The van der Waals surface area contributed by atoms with Crippen LogP contribution in [0.4, 0.5) is 14.5 Å². The lowest BCUT2D eigenvalue weighted by Crippen LogP contribution is -2.05. The monoisotopic (exact) mass is 196 g/mol. The van der Waals surface area contributed by atoms with Gasteiger partial charge in [-0.2, -0.15) is 0 Å². The van der Waals surface area contributed by atoms with Crippen LogP contribution in [0.3, 0.4) is 0 Å². The number of halogens is 2. The van der Waals surface area contributed by atoms with Gasteiger partial charge in [-0.15, -0.1) is 0 Å². The molecular formula is C10H10F2N2. The first kappa shape index (κ1) is 10.5. The summed E-state index contributed by atoms with van der Waals surface area (Å²) in [4.78, 5) is 3.50. The number of hydrogen-bond donors (Lipinski definition) is 1. The summed E-state index contributed by atoms with van der Waals surface area (Å²) in [7, 11) is 0. The highest BCUT2D eigenvalue weighted by atomic mass is 19.1. The fourth-order valence-electron chi connectivity index (χ4n) is 1.18. The Morgan fingerprint density at radius 1 is 1.50 bits per heavy atom. The van der Waals surface area contributed by atoms with Crippen molar-refractivity contribution in [1.82, 2.24) is 0 Å². The quantitative estimate of drug-likeness (QED) is 0.740. The minimum atomic E-state index is -0.718. The second kappa shape index (κ2) is 4.11. The number of nitrogens with zero attached hydrogens (tertiary/aromatic N) is 1. The predicted octanol–water partition coefficient (Wildman–Crippen LogP) is 2.40. The Bertz CT molecular complexity index is 386. The van der Waals surface area contributed by atoms with Crippen LogP contribution in [0.25, 0.3) is 6.08 Å². The predicted molar refractivity (Wildman–Crippen MR) is 53.5 cm³/mol. The van der Waals surface area contributed by atoms with Crippen LogP contribution < -0.4 is 5.73 Å². The molecule has 0 aliphatic heterocycles. The molecule has 0 aliphatic rings. The lowest BCUT2D eigenvalue weighted by Gasteiger charge is -2.07. The van der Waals surface area contributed by atoms with Gasteiger partial charge in [-0.1, -0.05) is 12.7 Å². The van der Waals surface area contributed by atoms with Crippen LogP contribution in [0.1, 0.15) is 11.1 Å². The molecule has 0 unspecified atom stereocenters.